The maximum atomic E-state index is 14.8. The number of carbonyl (C=O) groups is 2. The molecule has 0 radical (unpaired) electrons. The highest BCUT2D eigenvalue weighted by atomic mass is 79.9. The Bertz CT molecular complexity index is 1450. The van der Waals surface area contributed by atoms with Gasteiger partial charge in [0.25, 0.3) is 5.91 Å². The van der Waals surface area contributed by atoms with Crippen molar-refractivity contribution in [3.8, 4) is 6.07 Å². The van der Waals surface area contributed by atoms with Crippen LogP contribution >= 0.6 is 15.9 Å². The number of pyridine rings is 1. The van der Waals surface area contributed by atoms with Gasteiger partial charge in [0.05, 0.1) is 16.7 Å². The molecule has 2 aliphatic rings. The Morgan fingerprint density at radius 3 is 2.75 bits per heavy atom. The first-order chi connectivity index (χ1) is 17.3. The highest BCUT2D eigenvalue weighted by Gasteiger charge is 2.31. The number of amides is 1. The Balaban J connectivity index is 1.36. The van der Waals surface area contributed by atoms with Crippen LogP contribution in [0.4, 0.5) is 10.2 Å². The average molecular weight is 547 g/mol. The first-order valence-corrected chi connectivity index (χ1v) is 12.1. The van der Waals surface area contributed by atoms with Gasteiger partial charge in [0.2, 0.25) is 0 Å². The minimum Gasteiger partial charge on any atom is -0.422 e. The van der Waals surface area contributed by atoms with E-state index in [0.29, 0.717) is 47.6 Å². The van der Waals surface area contributed by atoms with Crippen molar-refractivity contribution in [2.75, 3.05) is 24.5 Å². The van der Waals surface area contributed by atoms with Crippen LogP contribution < -0.4 is 4.90 Å². The summed E-state index contributed by atoms with van der Waals surface area (Å²) in [4.78, 5) is 33.6. The number of aromatic nitrogens is 1. The van der Waals surface area contributed by atoms with Crippen LogP contribution in [0.3, 0.4) is 0 Å². The summed E-state index contributed by atoms with van der Waals surface area (Å²) in [6.07, 6.45) is 3.15. The Labute approximate surface area is 215 Å². The zero-order valence-corrected chi connectivity index (χ0v) is 20.8. The lowest BCUT2D eigenvalue weighted by Crippen LogP contribution is -2.54. The second kappa shape index (κ2) is 9.55. The van der Waals surface area contributed by atoms with Crippen molar-refractivity contribution in [3.05, 3.63) is 92.8 Å². The minimum absolute atomic E-state index is 0.0417. The number of hydrogen-bond donors (Lipinski definition) is 0. The summed E-state index contributed by atoms with van der Waals surface area (Å²) in [6.45, 7) is 3.36. The number of nitriles is 1. The lowest BCUT2D eigenvalue weighted by Gasteiger charge is -2.40. The van der Waals surface area contributed by atoms with E-state index < -0.39 is 17.7 Å². The number of nitrogens with zero attached hydrogens (tertiary/aromatic N) is 4. The second-order valence-electron chi connectivity index (χ2n) is 8.64. The van der Waals surface area contributed by atoms with Crippen LogP contribution in [0.1, 0.15) is 44.3 Å². The second-order valence-corrected chi connectivity index (χ2v) is 9.55. The molecule has 2 aliphatic heterocycles. The number of anilines is 1. The third-order valence-corrected chi connectivity index (χ3v) is 6.77. The fourth-order valence-electron chi connectivity index (χ4n) is 4.42. The number of piperazine rings is 1. The third-order valence-electron chi connectivity index (χ3n) is 6.28. The summed E-state index contributed by atoms with van der Waals surface area (Å²) in [5, 5.41) is 8.97. The Hall–Kier alpha value is -4.03. The van der Waals surface area contributed by atoms with Gasteiger partial charge in [0.15, 0.2) is 0 Å². The van der Waals surface area contributed by atoms with Gasteiger partial charge < -0.3 is 14.5 Å². The number of rotatable bonds is 3. The first-order valence-electron chi connectivity index (χ1n) is 11.3. The molecule has 180 valence electrons. The van der Waals surface area contributed by atoms with Crippen molar-refractivity contribution in [1.82, 2.24) is 9.88 Å². The number of ether oxygens (including phenoxy) is 1. The summed E-state index contributed by atoms with van der Waals surface area (Å²) in [6, 6.07) is 14.8. The molecule has 36 heavy (non-hydrogen) atoms. The first kappa shape index (κ1) is 23.7. The molecule has 0 N–H and O–H groups in total. The Morgan fingerprint density at radius 2 is 2.03 bits per heavy atom. The summed E-state index contributed by atoms with van der Waals surface area (Å²) in [5.41, 5.74) is 2.07. The third kappa shape index (κ3) is 4.48. The van der Waals surface area contributed by atoms with Crippen LogP contribution in [0.2, 0.25) is 0 Å². The van der Waals surface area contributed by atoms with Crippen LogP contribution in [0, 0.1) is 17.1 Å². The predicted molar refractivity (Wildman–Crippen MR) is 135 cm³/mol. The largest absolute Gasteiger partial charge is 0.422 e. The van der Waals surface area contributed by atoms with E-state index in [2.05, 4.69) is 20.9 Å². The molecule has 9 heteroatoms. The molecule has 3 heterocycles. The molecule has 0 saturated carbocycles. The van der Waals surface area contributed by atoms with Crippen LogP contribution in [-0.2, 0) is 4.74 Å². The number of esters is 1. The number of benzene rings is 2. The number of fused-ring (bicyclic) bond motifs is 1. The zero-order valence-electron chi connectivity index (χ0n) is 19.2. The normalized spacial score (nSPS) is 18.1. The van der Waals surface area contributed by atoms with Gasteiger partial charge in [-0.15, -0.1) is 0 Å². The quantitative estimate of drug-likeness (QED) is 0.435. The number of carbonyl (C=O) groups excluding carboxylic acids is 2. The Kier molecular flexibility index (Phi) is 6.29. The lowest BCUT2D eigenvalue weighted by molar-refractivity contribution is 0.0667. The summed E-state index contributed by atoms with van der Waals surface area (Å²) < 4.78 is 21.0. The van der Waals surface area contributed by atoms with Crippen molar-refractivity contribution in [3.63, 3.8) is 0 Å². The summed E-state index contributed by atoms with van der Waals surface area (Å²) in [7, 11) is 0. The van der Waals surface area contributed by atoms with Gasteiger partial charge in [-0.25, -0.2) is 14.2 Å². The molecule has 1 unspecified atom stereocenters. The van der Waals surface area contributed by atoms with Crippen molar-refractivity contribution >= 4 is 45.5 Å². The fourth-order valence-corrected chi connectivity index (χ4v) is 4.79. The molecule has 1 amide bonds. The number of cyclic esters (lactones) is 1. The molecule has 2 aromatic carbocycles. The van der Waals surface area contributed by atoms with E-state index >= 15 is 0 Å². The molecule has 0 aliphatic carbocycles. The van der Waals surface area contributed by atoms with Crippen LogP contribution in [0.15, 0.2) is 59.2 Å². The van der Waals surface area contributed by atoms with Crippen LogP contribution in [0.5, 0.6) is 0 Å². The van der Waals surface area contributed by atoms with E-state index in [9.17, 15) is 14.0 Å². The lowest BCUT2D eigenvalue weighted by atomic mass is 10.0. The van der Waals surface area contributed by atoms with Crippen molar-refractivity contribution < 1.29 is 18.7 Å². The summed E-state index contributed by atoms with van der Waals surface area (Å²) in [5.74, 6) is -0.397. The molecule has 0 bridgehead atoms. The molecule has 1 atom stereocenters. The smallest absolute Gasteiger partial charge is 0.344 e. The topological polar surface area (TPSA) is 86.5 Å². The van der Waals surface area contributed by atoms with Gasteiger partial charge in [-0.05, 0) is 61.0 Å². The molecule has 7 nitrogen and oxygen atoms in total. The minimum atomic E-state index is -0.614. The SMILES string of the molecule is CC1CN(c2ccc(C#N)cn2)CCN1C(=O)c1cc(/C=C2\OC(=O)c3ccc(Br)cc32)ccc1F. The maximum Gasteiger partial charge on any atom is 0.344 e. The van der Waals surface area contributed by atoms with Crippen molar-refractivity contribution in [1.29, 1.82) is 5.26 Å². The molecule has 1 aromatic heterocycles. The van der Waals surface area contributed by atoms with Gasteiger partial charge >= 0.3 is 5.97 Å². The van der Waals surface area contributed by atoms with E-state index in [0.717, 1.165) is 10.3 Å². The highest BCUT2D eigenvalue weighted by Crippen LogP contribution is 2.33. The number of halogens is 2. The summed E-state index contributed by atoms with van der Waals surface area (Å²) >= 11 is 3.40. The van der Waals surface area contributed by atoms with Gasteiger partial charge in [0, 0.05) is 41.9 Å². The molecule has 1 saturated heterocycles. The van der Waals surface area contributed by atoms with E-state index in [4.69, 9.17) is 10.00 Å². The molecule has 1 fully saturated rings. The van der Waals surface area contributed by atoms with Crippen LogP contribution in [0.25, 0.3) is 11.8 Å². The molecule has 3 aromatic rings. The van der Waals surface area contributed by atoms with E-state index in [-0.39, 0.29) is 11.6 Å². The van der Waals surface area contributed by atoms with Gasteiger partial charge in [0.1, 0.15) is 23.5 Å². The fraction of sp³-hybridized carbons (Fsp3) is 0.185. The number of hydrogen-bond acceptors (Lipinski definition) is 6. The van der Waals surface area contributed by atoms with E-state index in [1.54, 1.807) is 47.4 Å². The van der Waals surface area contributed by atoms with Crippen molar-refractivity contribution in [2.24, 2.45) is 0 Å². The van der Waals surface area contributed by atoms with Gasteiger partial charge in [-0.3, -0.25) is 4.79 Å². The van der Waals surface area contributed by atoms with Crippen molar-refractivity contribution in [2.45, 2.75) is 13.0 Å². The van der Waals surface area contributed by atoms with Gasteiger partial charge in [-0.2, -0.15) is 5.26 Å². The molecule has 0 spiro atoms. The van der Waals surface area contributed by atoms with Gasteiger partial charge in [-0.1, -0.05) is 22.0 Å². The predicted octanol–water partition coefficient (Wildman–Crippen LogP) is 4.87. The highest BCUT2D eigenvalue weighted by molar-refractivity contribution is 9.10. The molecule has 5 rings (SSSR count). The average Bonchev–Trinajstić information content (AvgIpc) is 3.18. The molecular weight excluding hydrogens is 527 g/mol. The van der Waals surface area contributed by atoms with Crippen LogP contribution in [-0.4, -0.2) is 47.4 Å². The maximum absolute atomic E-state index is 14.8. The van der Waals surface area contributed by atoms with E-state index in [1.807, 2.05) is 17.9 Å². The molecular formula is C27H20BrFN4O3. The zero-order chi connectivity index (χ0) is 25.4. The standard InChI is InChI=1S/C27H20BrFN4O3/c1-16-15-32(25-7-3-18(13-30)14-31-25)8-9-33(16)26(34)22-10-17(2-6-23(22)29)11-24-21-12-19(28)4-5-20(21)27(35)36-24/h2-7,10-12,14,16H,8-9,15H2,1H3/b24-11-. The Morgan fingerprint density at radius 1 is 1.19 bits per heavy atom. The van der Waals surface area contributed by atoms with E-state index in [1.165, 1.54) is 18.3 Å². The monoisotopic (exact) mass is 546 g/mol.